The molecule has 300 valence electrons. The van der Waals surface area contributed by atoms with Crippen molar-refractivity contribution in [3.8, 4) is 84.6 Å². The van der Waals surface area contributed by atoms with E-state index in [0.717, 1.165) is 44.8 Å². The number of benzene rings is 8. The predicted molar refractivity (Wildman–Crippen MR) is 257 cm³/mol. The average Bonchev–Trinajstić information content (AvgIpc) is 3.91. The molecule has 63 heavy (non-hydrogen) atoms. The number of fused-ring (bicyclic) bond motifs is 7. The number of imidazole rings is 1. The summed E-state index contributed by atoms with van der Waals surface area (Å²) in [4.78, 5) is 20.7. The molecule has 0 saturated heterocycles. The predicted octanol–water partition coefficient (Wildman–Crippen LogP) is 14.2. The lowest BCUT2D eigenvalue weighted by molar-refractivity contribution is 0.659. The Bertz CT molecular complexity index is 3450. The summed E-state index contributed by atoms with van der Waals surface area (Å²) >= 11 is 0. The smallest absolute Gasteiger partial charge is 0.164 e. The topological polar surface area (TPSA) is 56.5 Å². The van der Waals surface area contributed by atoms with Crippen LogP contribution in [-0.4, -0.2) is 24.5 Å². The van der Waals surface area contributed by atoms with Crippen LogP contribution in [-0.2, 0) is 10.8 Å². The molecule has 10 aromatic rings. The standard InChI is InChI=1S/C58H43N5/c1-57(2)47-23-12-11-22-43(47)44-29-26-37(33-48(44)57)38-27-30-45-46-31-28-40(35-50(46)58(3,4)49(45)34-38)55-61-53(36-16-7-5-8-17-36)60-54(62-55)39-18-15-19-41(32-39)56-59-51-24-13-14-25-52(51)63(56)42-20-9-6-10-21-42/h5-35H,1-4H3. The van der Waals surface area contributed by atoms with Crippen molar-refractivity contribution in [1.82, 2.24) is 24.5 Å². The Morgan fingerprint density at radius 3 is 1.46 bits per heavy atom. The van der Waals surface area contributed by atoms with Crippen LogP contribution in [0.2, 0.25) is 0 Å². The Hall–Kier alpha value is -7.76. The summed E-state index contributed by atoms with van der Waals surface area (Å²) in [7, 11) is 0. The fourth-order valence-corrected chi connectivity index (χ4v) is 10.1. The van der Waals surface area contributed by atoms with Gasteiger partial charge >= 0.3 is 0 Å². The molecule has 5 heteroatoms. The van der Waals surface area contributed by atoms with Crippen LogP contribution in [0.4, 0.5) is 0 Å². The van der Waals surface area contributed by atoms with E-state index in [1.165, 1.54) is 55.6 Å². The van der Waals surface area contributed by atoms with Gasteiger partial charge < -0.3 is 0 Å². The van der Waals surface area contributed by atoms with E-state index in [4.69, 9.17) is 19.9 Å². The highest BCUT2D eigenvalue weighted by molar-refractivity contribution is 5.88. The fourth-order valence-electron chi connectivity index (χ4n) is 10.1. The summed E-state index contributed by atoms with van der Waals surface area (Å²) in [6.45, 7) is 9.38. The number of para-hydroxylation sites is 3. The Morgan fingerprint density at radius 2 is 0.794 bits per heavy atom. The van der Waals surface area contributed by atoms with Gasteiger partial charge in [0, 0.05) is 38.8 Å². The van der Waals surface area contributed by atoms with Crippen molar-refractivity contribution in [2.24, 2.45) is 0 Å². The molecule has 8 aromatic carbocycles. The van der Waals surface area contributed by atoms with Gasteiger partial charge in [-0.25, -0.2) is 19.9 Å². The molecule has 0 amide bonds. The van der Waals surface area contributed by atoms with Crippen LogP contribution in [0.3, 0.4) is 0 Å². The monoisotopic (exact) mass is 809 g/mol. The van der Waals surface area contributed by atoms with Crippen molar-refractivity contribution < 1.29 is 0 Å². The van der Waals surface area contributed by atoms with E-state index in [1.54, 1.807) is 0 Å². The van der Waals surface area contributed by atoms with Crippen molar-refractivity contribution >= 4 is 11.0 Å². The first-order valence-electron chi connectivity index (χ1n) is 21.7. The van der Waals surface area contributed by atoms with Gasteiger partial charge in [-0.1, -0.05) is 167 Å². The second-order valence-electron chi connectivity index (χ2n) is 17.9. The molecular weight excluding hydrogens is 767 g/mol. The Labute approximate surface area is 367 Å². The van der Waals surface area contributed by atoms with Crippen LogP contribution in [0.15, 0.2) is 188 Å². The quantitative estimate of drug-likeness (QED) is 0.168. The highest BCUT2D eigenvalue weighted by atomic mass is 15.1. The zero-order valence-electron chi connectivity index (χ0n) is 35.6. The van der Waals surface area contributed by atoms with Crippen molar-refractivity contribution in [3.05, 3.63) is 210 Å². The van der Waals surface area contributed by atoms with Gasteiger partial charge in [-0.3, -0.25) is 4.57 Å². The molecule has 0 N–H and O–H groups in total. The Morgan fingerprint density at radius 1 is 0.333 bits per heavy atom. The molecule has 0 atom stereocenters. The number of aromatic nitrogens is 5. The summed E-state index contributed by atoms with van der Waals surface area (Å²) in [5, 5.41) is 0. The summed E-state index contributed by atoms with van der Waals surface area (Å²) in [5.74, 6) is 2.73. The van der Waals surface area contributed by atoms with Gasteiger partial charge in [0.25, 0.3) is 0 Å². The van der Waals surface area contributed by atoms with E-state index in [-0.39, 0.29) is 10.8 Å². The normalized spacial score (nSPS) is 14.0. The molecule has 0 unspecified atom stereocenters. The van der Waals surface area contributed by atoms with Gasteiger partial charge in [0.15, 0.2) is 17.5 Å². The molecule has 0 spiro atoms. The molecule has 5 nitrogen and oxygen atoms in total. The van der Waals surface area contributed by atoms with Gasteiger partial charge in [0.2, 0.25) is 0 Å². The van der Waals surface area contributed by atoms with Gasteiger partial charge in [0.05, 0.1) is 11.0 Å². The molecule has 0 fully saturated rings. The van der Waals surface area contributed by atoms with Crippen LogP contribution in [0.5, 0.6) is 0 Å². The first-order chi connectivity index (χ1) is 30.7. The minimum absolute atomic E-state index is 0.0520. The third-order valence-corrected chi connectivity index (χ3v) is 13.5. The maximum atomic E-state index is 5.24. The lowest BCUT2D eigenvalue weighted by atomic mass is 9.80. The summed E-state index contributed by atoms with van der Waals surface area (Å²) < 4.78 is 2.22. The van der Waals surface area contributed by atoms with Crippen molar-refractivity contribution in [2.75, 3.05) is 0 Å². The SMILES string of the molecule is CC1(C)c2ccccc2-c2ccc(-c3ccc4c(c3)C(C)(C)c3cc(-c5nc(-c6ccccc6)nc(-c6cccc(-c7nc8ccccc8n7-c7ccccc7)c6)n5)ccc3-4)cc21. The van der Waals surface area contributed by atoms with Crippen molar-refractivity contribution in [3.63, 3.8) is 0 Å². The second kappa shape index (κ2) is 13.9. The fraction of sp³-hybridized carbons (Fsp3) is 0.103. The Balaban J connectivity index is 0.938. The van der Waals surface area contributed by atoms with E-state index in [0.29, 0.717) is 17.5 Å². The molecular formula is C58H43N5. The van der Waals surface area contributed by atoms with E-state index in [9.17, 15) is 0 Å². The molecule has 0 radical (unpaired) electrons. The maximum Gasteiger partial charge on any atom is 0.164 e. The maximum absolute atomic E-state index is 5.24. The minimum atomic E-state index is -0.250. The third-order valence-electron chi connectivity index (χ3n) is 13.5. The second-order valence-corrected chi connectivity index (χ2v) is 17.9. The zero-order chi connectivity index (χ0) is 42.5. The van der Waals surface area contributed by atoms with Crippen molar-refractivity contribution in [1.29, 1.82) is 0 Å². The highest BCUT2D eigenvalue weighted by Gasteiger charge is 2.38. The Kier molecular flexibility index (Phi) is 8.16. The van der Waals surface area contributed by atoms with E-state index in [1.807, 2.05) is 30.3 Å². The van der Waals surface area contributed by atoms with E-state index in [2.05, 4.69) is 190 Å². The largest absolute Gasteiger partial charge is 0.292 e. The number of hydrogen-bond acceptors (Lipinski definition) is 4. The molecule has 2 heterocycles. The summed E-state index contributed by atoms with van der Waals surface area (Å²) in [5.41, 5.74) is 19.6. The van der Waals surface area contributed by atoms with Gasteiger partial charge in [-0.05, 0) is 104 Å². The number of nitrogens with zero attached hydrogens (tertiary/aromatic N) is 5. The van der Waals surface area contributed by atoms with Crippen LogP contribution in [0, 0.1) is 0 Å². The average molecular weight is 810 g/mol. The van der Waals surface area contributed by atoms with Gasteiger partial charge in [-0.15, -0.1) is 0 Å². The van der Waals surface area contributed by atoms with Gasteiger partial charge in [0.1, 0.15) is 5.82 Å². The van der Waals surface area contributed by atoms with Crippen molar-refractivity contribution in [2.45, 2.75) is 38.5 Å². The first kappa shape index (κ1) is 37.0. The molecule has 2 aliphatic rings. The lowest BCUT2D eigenvalue weighted by Crippen LogP contribution is -2.15. The lowest BCUT2D eigenvalue weighted by Gasteiger charge is -2.23. The van der Waals surface area contributed by atoms with Crippen LogP contribution in [0.1, 0.15) is 49.9 Å². The van der Waals surface area contributed by atoms with E-state index >= 15 is 0 Å². The summed E-state index contributed by atoms with van der Waals surface area (Å²) in [6.07, 6.45) is 0. The molecule has 0 saturated carbocycles. The minimum Gasteiger partial charge on any atom is -0.292 e. The van der Waals surface area contributed by atoms with Crippen LogP contribution < -0.4 is 0 Å². The highest BCUT2D eigenvalue weighted by Crippen LogP contribution is 2.52. The molecule has 0 aliphatic heterocycles. The number of hydrogen-bond donors (Lipinski definition) is 0. The first-order valence-corrected chi connectivity index (χ1v) is 21.7. The van der Waals surface area contributed by atoms with Gasteiger partial charge in [-0.2, -0.15) is 0 Å². The van der Waals surface area contributed by atoms with Crippen LogP contribution >= 0.6 is 0 Å². The molecule has 0 bridgehead atoms. The number of rotatable bonds is 6. The van der Waals surface area contributed by atoms with E-state index < -0.39 is 0 Å². The molecule has 2 aliphatic carbocycles. The van der Waals surface area contributed by atoms with Crippen LogP contribution in [0.25, 0.3) is 95.7 Å². The third kappa shape index (κ3) is 5.84. The molecule has 2 aromatic heterocycles. The zero-order valence-corrected chi connectivity index (χ0v) is 35.6. The molecule has 12 rings (SSSR count). The summed E-state index contributed by atoms with van der Waals surface area (Å²) in [6, 6.07) is 66.9.